The molecule has 96 valence electrons. The fourth-order valence-electron chi connectivity index (χ4n) is 1.58. The van der Waals surface area contributed by atoms with E-state index >= 15 is 0 Å². The summed E-state index contributed by atoms with van der Waals surface area (Å²) in [4.78, 5) is 38.3. The summed E-state index contributed by atoms with van der Waals surface area (Å²) in [6, 6.07) is 0. The first kappa shape index (κ1) is 17.5. The Hall–Kier alpha value is -0.520. The fraction of sp³-hybridized carbons (Fsp3) is 0.667. The Labute approximate surface area is 129 Å². The molecule has 18 heavy (non-hydrogen) atoms. The Morgan fingerprint density at radius 1 is 1.28 bits per heavy atom. The van der Waals surface area contributed by atoms with Crippen molar-refractivity contribution >= 4 is 17.8 Å². The van der Waals surface area contributed by atoms with E-state index in [1.165, 1.54) is 6.42 Å². The first-order chi connectivity index (χ1) is 8.15. The van der Waals surface area contributed by atoms with Crippen LogP contribution in [0.4, 0.5) is 0 Å². The number of carbonyl (C=O) groups is 3. The molecule has 0 aromatic carbocycles. The zero-order valence-electron chi connectivity index (χ0n) is 11.1. The van der Waals surface area contributed by atoms with Crippen LogP contribution in [0.15, 0.2) is 0 Å². The van der Waals surface area contributed by atoms with Crippen molar-refractivity contribution in [1.82, 2.24) is 5.06 Å². The molecular weight excluding hydrogens is 245 g/mol. The van der Waals surface area contributed by atoms with E-state index in [9.17, 15) is 14.4 Å². The summed E-state index contributed by atoms with van der Waals surface area (Å²) in [6.45, 7) is 2.12. The molecule has 0 N–H and O–H groups in total. The number of carbonyl (C=O) groups excluding carboxylic acids is 3. The van der Waals surface area contributed by atoms with Crippen molar-refractivity contribution in [3.05, 3.63) is 6.42 Å². The van der Waals surface area contributed by atoms with Crippen molar-refractivity contribution in [2.24, 2.45) is 0 Å². The van der Waals surface area contributed by atoms with E-state index in [1.54, 1.807) is 0 Å². The minimum absolute atomic E-state index is 0. The van der Waals surface area contributed by atoms with Crippen LogP contribution in [-0.2, 0) is 19.2 Å². The molecule has 6 heteroatoms. The summed E-state index contributed by atoms with van der Waals surface area (Å²) in [5.74, 6) is -1.54. The van der Waals surface area contributed by atoms with Gasteiger partial charge in [-0.05, 0) is 6.42 Å². The molecule has 2 amide bonds. The Morgan fingerprint density at radius 2 is 1.94 bits per heavy atom. The molecule has 0 spiro atoms. The number of imide groups is 1. The summed E-state index contributed by atoms with van der Waals surface area (Å²) in [5.41, 5.74) is 0. The van der Waals surface area contributed by atoms with Gasteiger partial charge < -0.3 is 9.63 Å². The van der Waals surface area contributed by atoms with Crippen LogP contribution in [0.1, 0.15) is 51.9 Å². The molecule has 1 saturated heterocycles. The van der Waals surface area contributed by atoms with E-state index in [1.807, 2.05) is 0 Å². The number of unbranched alkanes of at least 4 members (excludes halogenated alkanes) is 4. The van der Waals surface area contributed by atoms with Gasteiger partial charge in [0, 0.05) is 6.42 Å². The zero-order valence-corrected chi connectivity index (χ0v) is 13.1. The second-order valence-corrected chi connectivity index (χ2v) is 4.06. The molecule has 0 saturated carbocycles. The predicted octanol–water partition coefficient (Wildman–Crippen LogP) is -1.23. The summed E-state index contributed by atoms with van der Waals surface area (Å²) in [7, 11) is 0. The van der Waals surface area contributed by atoms with Crippen LogP contribution in [0, 0.1) is 6.42 Å². The van der Waals surface area contributed by atoms with Crippen molar-refractivity contribution in [1.29, 1.82) is 0 Å². The van der Waals surface area contributed by atoms with Crippen molar-refractivity contribution in [2.45, 2.75) is 51.9 Å². The van der Waals surface area contributed by atoms with Gasteiger partial charge in [-0.2, -0.15) is 0 Å². The van der Waals surface area contributed by atoms with Gasteiger partial charge in [0.25, 0.3) is 0 Å². The molecule has 0 aliphatic carbocycles. The smallest absolute Gasteiger partial charge is 0.333 e. The minimum Gasteiger partial charge on any atom is -0.333 e. The average molecular weight is 263 g/mol. The topological polar surface area (TPSA) is 63.7 Å². The van der Waals surface area contributed by atoms with Gasteiger partial charge in [0.05, 0.1) is 0 Å². The van der Waals surface area contributed by atoms with Crippen molar-refractivity contribution in [3.8, 4) is 0 Å². The monoisotopic (exact) mass is 263 g/mol. The molecular formula is C12H18NNaO4. The van der Waals surface area contributed by atoms with Gasteiger partial charge in [-0.25, -0.2) is 4.79 Å². The summed E-state index contributed by atoms with van der Waals surface area (Å²) in [5, 5.41) is 0.550. The van der Waals surface area contributed by atoms with Gasteiger partial charge in [-0.1, -0.05) is 39.0 Å². The van der Waals surface area contributed by atoms with Crippen LogP contribution in [0.25, 0.3) is 0 Å². The van der Waals surface area contributed by atoms with E-state index in [2.05, 4.69) is 6.92 Å². The normalized spacial score (nSPS) is 14.2. The standard InChI is InChI=1S/C12H18NO4.Na/c1-2-3-4-5-6-7-12(16)17-13-10(14)8-9-11(13)15;/h8H,2-7,9H2,1H3;/q-1;+1. The molecule has 0 bridgehead atoms. The third-order valence-corrected chi connectivity index (χ3v) is 2.56. The number of amides is 2. The van der Waals surface area contributed by atoms with Crippen LogP contribution in [-0.4, -0.2) is 22.8 Å². The third-order valence-electron chi connectivity index (χ3n) is 2.56. The Kier molecular flexibility index (Phi) is 9.14. The van der Waals surface area contributed by atoms with Gasteiger partial charge >= 0.3 is 35.5 Å². The average Bonchev–Trinajstić information content (AvgIpc) is 2.60. The summed E-state index contributed by atoms with van der Waals surface area (Å²) in [6.07, 6.45) is 6.58. The maximum absolute atomic E-state index is 11.3. The number of rotatable bonds is 7. The van der Waals surface area contributed by atoms with Gasteiger partial charge in [-0.3, -0.25) is 11.2 Å². The van der Waals surface area contributed by atoms with E-state index in [4.69, 9.17) is 4.84 Å². The molecule has 0 aromatic rings. The Morgan fingerprint density at radius 3 is 2.50 bits per heavy atom. The number of hydrogen-bond acceptors (Lipinski definition) is 4. The minimum atomic E-state index is -0.547. The molecule has 1 rings (SSSR count). The third kappa shape index (κ3) is 5.89. The molecule has 0 radical (unpaired) electrons. The molecule has 1 fully saturated rings. The van der Waals surface area contributed by atoms with Crippen LogP contribution in [0.2, 0.25) is 0 Å². The Balaban J connectivity index is 0.00000289. The maximum Gasteiger partial charge on any atom is 1.00 e. The van der Waals surface area contributed by atoms with E-state index in [-0.39, 0.29) is 42.4 Å². The number of hydrogen-bond donors (Lipinski definition) is 0. The SMILES string of the molecule is CCCCCCCC(=O)ON1C(=O)[CH-]CC1=O.[Na+]. The van der Waals surface area contributed by atoms with Gasteiger partial charge in [-0.15, -0.1) is 5.06 Å². The molecule has 5 nitrogen and oxygen atoms in total. The van der Waals surface area contributed by atoms with Crippen LogP contribution in [0.5, 0.6) is 0 Å². The predicted molar refractivity (Wildman–Crippen MR) is 60.2 cm³/mol. The second kappa shape index (κ2) is 9.42. The number of hydroxylamine groups is 2. The quantitative estimate of drug-likeness (QED) is 0.250. The van der Waals surface area contributed by atoms with Gasteiger partial charge in [0.15, 0.2) is 0 Å². The summed E-state index contributed by atoms with van der Waals surface area (Å²) < 4.78 is 0. The van der Waals surface area contributed by atoms with Crippen molar-refractivity contribution in [2.75, 3.05) is 0 Å². The summed E-state index contributed by atoms with van der Waals surface area (Å²) >= 11 is 0. The molecule has 0 atom stereocenters. The zero-order chi connectivity index (χ0) is 12.7. The first-order valence-corrected chi connectivity index (χ1v) is 6.06. The largest absolute Gasteiger partial charge is 1.00 e. The van der Waals surface area contributed by atoms with Crippen LogP contribution >= 0.6 is 0 Å². The van der Waals surface area contributed by atoms with Crippen LogP contribution in [0.3, 0.4) is 0 Å². The number of nitrogens with zero attached hydrogens (tertiary/aromatic N) is 1. The van der Waals surface area contributed by atoms with Crippen LogP contribution < -0.4 is 29.6 Å². The molecule has 1 aliphatic rings. The molecule has 0 unspecified atom stereocenters. The Bertz CT molecular complexity index is 290. The maximum atomic E-state index is 11.3. The second-order valence-electron chi connectivity index (χ2n) is 4.06. The molecule has 1 heterocycles. The molecule has 1 aliphatic heterocycles. The fourth-order valence-corrected chi connectivity index (χ4v) is 1.58. The first-order valence-electron chi connectivity index (χ1n) is 6.06. The van der Waals surface area contributed by atoms with Crippen molar-refractivity contribution < 1.29 is 48.8 Å². The van der Waals surface area contributed by atoms with Crippen molar-refractivity contribution in [3.63, 3.8) is 0 Å². The van der Waals surface area contributed by atoms with Gasteiger partial charge in [0.2, 0.25) is 5.91 Å². The van der Waals surface area contributed by atoms with E-state index < -0.39 is 17.8 Å². The van der Waals surface area contributed by atoms with E-state index in [0.717, 1.165) is 32.1 Å². The van der Waals surface area contributed by atoms with E-state index in [0.29, 0.717) is 5.06 Å². The molecule has 0 aromatic heterocycles. The van der Waals surface area contributed by atoms with Gasteiger partial charge in [0.1, 0.15) is 5.91 Å².